The van der Waals surface area contributed by atoms with Crippen molar-refractivity contribution in [2.75, 3.05) is 25.0 Å². The molecule has 1 saturated heterocycles. The van der Waals surface area contributed by atoms with Gasteiger partial charge in [0.05, 0.1) is 5.69 Å². The fraction of sp³-hybridized carbons (Fsp3) is 0.611. The van der Waals surface area contributed by atoms with Gasteiger partial charge in [-0.25, -0.2) is 18.0 Å². The number of likely N-dealkylation sites (tertiary alicyclic amines) is 1. The van der Waals surface area contributed by atoms with E-state index in [-0.39, 0.29) is 11.7 Å². The second-order valence-electron chi connectivity index (χ2n) is 7.09. The molecule has 1 aromatic rings. The third-order valence-corrected chi connectivity index (χ3v) is 4.81. The van der Waals surface area contributed by atoms with Gasteiger partial charge in [-0.1, -0.05) is 20.8 Å². The number of benzene rings is 1. The van der Waals surface area contributed by atoms with Crippen LogP contribution in [0.5, 0.6) is 0 Å². The second-order valence-corrected chi connectivity index (χ2v) is 7.09. The van der Waals surface area contributed by atoms with Gasteiger partial charge in [-0.3, -0.25) is 4.90 Å². The van der Waals surface area contributed by atoms with Gasteiger partial charge in [0, 0.05) is 12.6 Å². The molecule has 0 radical (unpaired) electrons. The van der Waals surface area contributed by atoms with Crippen molar-refractivity contribution >= 4 is 11.7 Å². The van der Waals surface area contributed by atoms with Crippen molar-refractivity contribution in [3.63, 3.8) is 0 Å². The number of halogens is 3. The van der Waals surface area contributed by atoms with E-state index in [1.165, 1.54) is 0 Å². The largest absolute Gasteiger partial charge is 0.336 e. The highest BCUT2D eigenvalue weighted by atomic mass is 19.2. The lowest BCUT2D eigenvalue weighted by molar-refractivity contribution is 0.108. The van der Waals surface area contributed by atoms with Gasteiger partial charge in [-0.15, -0.1) is 0 Å². The summed E-state index contributed by atoms with van der Waals surface area (Å²) in [5.41, 5.74) is -0.385. The van der Waals surface area contributed by atoms with Crippen molar-refractivity contribution in [2.24, 2.45) is 11.8 Å². The number of carbonyl (C=O) groups is 1. The van der Waals surface area contributed by atoms with E-state index in [2.05, 4.69) is 36.3 Å². The molecule has 4 nitrogen and oxygen atoms in total. The zero-order valence-corrected chi connectivity index (χ0v) is 14.9. The van der Waals surface area contributed by atoms with Crippen molar-refractivity contribution in [3.8, 4) is 0 Å². The maximum atomic E-state index is 13.6. The molecule has 2 amide bonds. The number of carbonyl (C=O) groups excluding carboxylic acids is 1. The first-order valence-corrected chi connectivity index (χ1v) is 8.72. The highest BCUT2D eigenvalue weighted by Crippen LogP contribution is 2.22. The van der Waals surface area contributed by atoms with E-state index in [4.69, 9.17) is 0 Å². The Morgan fingerprint density at radius 3 is 2.44 bits per heavy atom. The van der Waals surface area contributed by atoms with E-state index in [9.17, 15) is 18.0 Å². The molecule has 0 spiro atoms. The number of hydrogen-bond donors (Lipinski definition) is 2. The highest BCUT2D eigenvalue weighted by Gasteiger charge is 2.26. The molecule has 0 bridgehead atoms. The summed E-state index contributed by atoms with van der Waals surface area (Å²) >= 11 is 0. The molecule has 1 aliphatic heterocycles. The summed E-state index contributed by atoms with van der Waals surface area (Å²) in [7, 11) is 0. The van der Waals surface area contributed by atoms with Crippen LogP contribution in [-0.2, 0) is 0 Å². The van der Waals surface area contributed by atoms with E-state index >= 15 is 0 Å². The molecule has 0 aliphatic carbocycles. The molecule has 140 valence electrons. The predicted molar refractivity (Wildman–Crippen MR) is 91.9 cm³/mol. The molecule has 1 aromatic carbocycles. The average Bonchev–Trinajstić information content (AvgIpc) is 2.57. The third-order valence-electron chi connectivity index (χ3n) is 4.81. The molecular formula is C18H26F3N3O. The second kappa shape index (κ2) is 8.56. The van der Waals surface area contributed by atoms with Crippen LogP contribution < -0.4 is 10.6 Å². The monoisotopic (exact) mass is 357 g/mol. The normalized spacial score (nSPS) is 17.6. The Balaban J connectivity index is 1.92. The van der Waals surface area contributed by atoms with E-state index in [0.717, 1.165) is 44.0 Å². The smallest absolute Gasteiger partial charge is 0.319 e. The standard InChI is InChI=1S/C18H26F3N3O/c1-11(2)15(24-8-6-12(3)7-9-24)10-22-18(25)23-14-5-4-13(19)16(20)17(14)21/h4-5,11-12,15H,6-10H2,1-3H3,(H2,22,23,25). The fourth-order valence-electron chi connectivity index (χ4n) is 3.13. The lowest BCUT2D eigenvalue weighted by atomic mass is 9.94. The maximum absolute atomic E-state index is 13.6. The van der Waals surface area contributed by atoms with Gasteiger partial charge < -0.3 is 10.6 Å². The van der Waals surface area contributed by atoms with Gasteiger partial charge in [0.2, 0.25) is 0 Å². The lowest BCUT2D eigenvalue weighted by Crippen LogP contribution is -2.50. The Hall–Kier alpha value is -1.76. The van der Waals surface area contributed by atoms with Crippen molar-refractivity contribution in [3.05, 3.63) is 29.6 Å². The van der Waals surface area contributed by atoms with Gasteiger partial charge >= 0.3 is 6.03 Å². The predicted octanol–water partition coefficient (Wildman–Crippen LogP) is 3.98. The number of hydrogen-bond acceptors (Lipinski definition) is 2. The minimum absolute atomic E-state index is 0.174. The number of urea groups is 1. The molecule has 1 atom stereocenters. The average molecular weight is 357 g/mol. The van der Waals surface area contributed by atoms with Gasteiger partial charge in [0.25, 0.3) is 0 Å². The van der Waals surface area contributed by atoms with Gasteiger partial charge in [0.1, 0.15) is 0 Å². The summed E-state index contributed by atoms with van der Waals surface area (Å²) in [6, 6.07) is 1.31. The van der Waals surface area contributed by atoms with Gasteiger partial charge in [-0.05, 0) is 49.9 Å². The minimum Gasteiger partial charge on any atom is -0.336 e. The number of anilines is 1. The quantitative estimate of drug-likeness (QED) is 0.783. The summed E-state index contributed by atoms with van der Waals surface area (Å²) in [5.74, 6) is -3.23. The van der Waals surface area contributed by atoms with E-state index in [1.807, 2.05) is 0 Å². The molecule has 1 aliphatic rings. The Labute approximate surface area is 146 Å². The molecule has 7 heteroatoms. The lowest BCUT2D eigenvalue weighted by Gasteiger charge is -2.38. The first kappa shape index (κ1) is 19.6. The zero-order valence-electron chi connectivity index (χ0n) is 14.9. The van der Waals surface area contributed by atoms with Gasteiger partial charge in [0.15, 0.2) is 17.5 Å². The van der Waals surface area contributed by atoms with Crippen LogP contribution in [0.4, 0.5) is 23.7 Å². The van der Waals surface area contributed by atoms with Crippen LogP contribution in [0.15, 0.2) is 12.1 Å². The Bertz CT molecular complexity index is 601. The van der Waals surface area contributed by atoms with Crippen LogP contribution in [-0.4, -0.2) is 36.6 Å². The summed E-state index contributed by atoms with van der Waals surface area (Å²) < 4.78 is 39.7. The van der Waals surface area contributed by atoms with Crippen molar-refractivity contribution in [2.45, 2.75) is 39.7 Å². The summed E-state index contributed by atoms with van der Waals surface area (Å²) in [6.07, 6.45) is 2.27. The summed E-state index contributed by atoms with van der Waals surface area (Å²) in [4.78, 5) is 14.4. The molecular weight excluding hydrogens is 331 g/mol. The molecule has 1 unspecified atom stereocenters. The van der Waals surface area contributed by atoms with Crippen LogP contribution in [0.1, 0.15) is 33.6 Å². The molecule has 2 N–H and O–H groups in total. The maximum Gasteiger partial charge on any atom is 0.319 e. The van der Waals surface area contributed by atoms with Crippen molar-refractivity contribution < 1.29 is 18.0 Å². The highest BCUT2D eigenvalue weighted by molar-refractivity contribution is 5.89. The number of nitrogens with zero attached hydrogens (tertiary/aromatic N) is 1. The number of nitrogens with one attached hydrogen (secondary N) is 2. The molecule has 0 saturated carbocycles. The van der Waals surface area contributed by atoms with Crippen molar-refractivity contribution in [1.29, 1.82) is 0 Å². The Morgan fingerprint density at radius 2 is 1.84 bits per heavy atom. The number of amides is 2. The van der Waals surface area contributed by atoms with Crippen LogP contribution in [0.3, 0.4) is 0 Å². The number of rotatable bonds is 5. The first-order valence-electron chi connectivity index (χ1n) is 8.72. The van der Waals surface area contributed by atoms with E-state index in [0.29, 0.717) is 12.5 Å². The van der Waals surface area contributed by atoms with Crippen LogP contribution in [0.2, 0.25) is 0 Å². The Kier molecular flexibility index (Phi) is 6.70. The fourth-order valence-corrected chi connectivity index (χ4v) is 3.13. The minimum atomic E-state index is -1.60. The SMILES string of the molecule is CC1CCN(C(CNC(=O)Nc2ccc(F)c(F)c2F)C(C)C)CC1. The molecule has 1 heterocycles. The van der Waals surface area contributed by atoms with Crippen LogP contribution in [0, 0.1) is 29.3 Å². The summed E-state index contributed by atoms with van der Waals surface area (Å²) in [5, 5.41) is 4.94. The molecule has 1 fully saturated rings. The zero-order chi connectivity index (χ0) is 18.6. The van der Waals surface area contributed by atoms with E-state index in [1.54, 1.807) is 0 Å². The molecule has 0 aromatic heterocycles. The first-order chi connectivity index (χ1) is 11.8. The topological polar surface area (TPSA) is 44.4 Å². The van der Waals surface area contributed by atoms with E-state index < -0.39 is 23.5 Å². The molecule has 2 rings (SSSR count). The Morgan fingerprint density at radius 1 is 1.20 bits per heavy atom. The van der Waals surface area contributed by atoms with Gasteiger partial charge in [-0.2, -0.15) is 0 Å². The third kappa shape index (κ3) is 5.11. The molecule has 25 heavy (non-hydrogen) atoms. The van der Waals surface area contributed by atoms with Crippen molar-refractivity contribution in [1.82, 2.24) is 10.2 Å². The van der Waals surface area contributed by atoms with Crippen LogP contribution in [0.25, 0.3) is 0 Å². The van der Waals surface area contributed by atoms with Crippen LogP contribution >= 0.6 is 0 Å². The summed E-state index contributed by atoms with van der Waals surface area (Å²) in [6.45, 7) is 8.82. The number of piperidine rings is 1.